The van der Waals surface area contributed by atoms with Crippen LogP contribution in [0.5, 0.6) is 0 Å². The zero-order valence-electron chi connectivity index (χ0n) is 12.1. The lowest BCUT2D eigenvalue weighted by molar-refractivity contribution is -0.131. The van der Waals surface area contributed by atoms with Gasteiger partial charge in [0.05, 0.1) is 6.42 Å². The first-order valence-corrected chi connectivity index (χ1v) is 7.88. The second-order valence-electron chi connectivity index (χ2n) is 6.11. The molecular formula is C17H24N2O. The number of rotatable bonds is 3. The fraction of sp³-hybridized carbons (Fsp3) is 0.588. The van der Waals surface area contributed by atoms with Crippen molar-refractivity contribution >= 4 is 5.91 Å². The maximum absolute atomic E-state index is 12.4. The summed E-state index contributed by atoms with van der Waals surface area (Å²) in [5.74, 6) is 0.244. The lowest BCUT2D eigenvalue weighted by Crippen LogP contribution is -2.40. The van der Waals surface area contributed by atoms with E-state index in [0.29, 0.717) is 13.0 Å². The molecule has 0 aromatic heterocycles. The number of amides is 1. The summed E-state index contributed by atoms with van der Waals surface area (Å²) in [5, 5.41) is 0. The highest BCUT2D eigenvalue weighted by atomic mass is 16.2. The third-order valence-electron chi connectivity index (χ3n) is 4.74. The van der Waals surface area contributed by atoms with Crippen molar-refractivity contribution in [1.29, 1.82) is 0 Å². The molecule has 0 saturated carbocycles. The van der Waals surface area contributed by atoms with Crippen LogP contribution in [0.1, 0.15) is 42.4 Å². The van der Waals surface area contributed by atoms with Gasteiger partial charge in [-0.1, -0.05) is 18.2 Å². The van der Waals surface area contributed by atoms with E-state index in [2.05, 4.69) is 18.2 Å². The fourth-order valence-electron chi connectivity index (χ4n) is 3.58. The molecule has 1 aliphatic carbocycles. The topological polar surface area (TPSA) is 46.3 Å². The first kappa shape index (κ1) is 13.6. The van der Waals surface area contributed by atoms with Crippen LogP contribution in [0.4, 0.5) is 0 Å². The quantitative estimate of drug-likeness (QED) is 0.915. The third-order valence-corrected chi connectivity index (χ3v) is 4.74. The highest BCUT2D eigenvalue weighted by Crippen LogP contribution is 2.23. The maximum Gasteiger partial charge on any atom is 0.227 e. The Morgan fingerprint density at radius 3 is 2.80 bits per heavy atom. The highest BCUT2D eigenvalue weighted by molar-refractivity contribution is 5.79. The molecule has 1 amide bonds. The Kier molecular flexibility index (Phi) is 4.06. The van der Waals surface area contributed by atoms with E-state index >= 15 is 0 Å². The van der Waals surface area contributed by atoms with Crippen molar-refractivity contribution < 1.29 is 4.79 Å². The van der Waals surface area contributed by atoms with Gasteiger partial charge < -0.3 is 10.6 Å². The molecule has 1 aromatic carbocycles. The van der Waals surface area contributed by atoms with Crippen molar-refractivity contribution in [1.82, 2.24) is 4.90 Å². The first-order chi connectivity index (χ1) is 9.78. The molecule has 2 N–H and O–H groups in total. The van der Waals surface area contributed by atoms with Gasteiger partial charge in [-0.2, -0.15) is 0 Å². The molecule has 1 atom stereocenters. The van der Waals surface area contributed by atoms with E-state index in [-0.39, 0.29) is 11.9 Å². The smallest absolute Gasteiger partial charge is 0.227 e. The number of carbonyl (C=O) groups excluding carboxylic acids is 1. The summed E-state index contributed by atoms with van der Waals surface area (Å²) >= 11 is 0. The van der Waals surface area contributed by atoms with Crippen LogP contribution in [0.3, 0.4) is 0 Å². The summed E-state index contributed by atoms with van der Waals surface area (Å²) in [6.45, 7) is 1.47. The van der Waals surface area contributed by atoms with Crippen LogP contribution in [-0.4, -0.2) is 29.9 Å². The molecule has 3 rings (SSSR count). The van der Waals surface area contributed by atoms with Crippen LogP contribution in [0.2, 0.25) is 0 Å². The number of benzene rings is 1. The van der Waals surface area contributed by atoms with Crippen molar-refractivity contribution in [3.05, 3.63) is 34.9 Å². The average Bonchev–Trinajstić information content (AvgIpc) is 2.95. The van der Waals surface area contributed by atoms with Gasteiger partial charge in [0.2, 0.25) is 5.91 Å². The first-order valence-electron chi connectivity index (χ1n) is 7.88. The zero-order chi connectivity index (χ0) is 13.9. The predicted molar refractivity (Wildman–Crippen MR) is 80.6 cm³/mol. The highest BCUT2D eigenvalue weighted by Gasteiger charge is 2.27. The summed E-state index contributed by atoms with van der Waals surface area (Å²) in [6, 6.07) is 6.87. The van der Waals surface area contributed by atoms with Crippen molar-refractivity contribution in [3.8, 4) is 0 Å². The molecule has 1 fully saturated rings. The molecule has 20 heavy (non-hydrogen) atoms. The standard InChI is InChI=1S/C17H24N2O/c18-12-16-6-3-9-19(16)17(20)11-13-7-8-14-4-1-2-5-15(14)10-13/h7-8,10,16H,1-6,9,11-12,18H2. The van der Waals surface area contributed by atoms with E-state index in [1.165, 1.54) is 42.4 Å². The summed E-state index contributed by atoms with van der Waals surface area (Å²) in [7, 11) is 0. The molecular weight excluding hydrogens is 248 g/mol. The minimum atomic E-state index is 0.244. The van der Waals surface area contributed by atoms with Gasteiger partial charge in [-0.25, -0.2) is 0 Å². The number of likely N-dealkylation sites (tertiary alicyclic amines) is 1. The fourth-order valence-corrected chi connectivity index (χ4v) is 3.58. The number of hydrogen-bond donors (Lipinski definition) is 1. The minimum Gasteiger partial charge on any atom is -0.338 e. The second-order valence-corrected chi connectivity index (χ2v) is 6.11. The molecule has 0 radical (unpaired) electrons. The van der Waals surface area contributed by atoms with Crippen LogP contribution >= 0.6 is 0 Å². The van der Waals surface area contributed by atoms with Crippen LogP contribution in [0.15, 0.2) is 18.2 Å². The van der Waals surface area contributed by atoms with Gasteiger partial charge in [0.1, 0.15) is 0 Å². The van der Waals surface area contributed by atoms with Crippen molar-refractivity contribution in [3.63, 3.8) is 0 Å². The predicted octanol–water partition coefficient (Wildman–Crippen LogP) is 2.06. The summed E-state index contributed by atoms with van der Waals surface area (Å²) in [6.07, 6.45) is 7.65. The Morgan fingerprint density at radius 2 is 2.00 bits per heavy atom. The van der Waals surface area contributed by atoms with Gasteiger partial charge in [0.25, 0.3) is 0 Å². The largest absolute Gasteiger partial charge is 0.338 e. The minimum absolute atomic E-state index is 0.244. The molecule has 1 heterocycles. The molecule has 3 heteroatoms. The lowest BCUT2D eigenvalue weighted by atomic mass is 9.90. The summed E-state index contributed by atoms with van der Waals surface area (Å²) in [4.78, 5) is 14.4. The Hall–Kier alpha value is -1.35. The van der Waals surface area contributed by atoms with Crippen LogP contribution in [0, 0.1) is 0 Å². The molecule has 0 bridgehead atoms. The molecule has 2 aliphatic rings. The van der Waals surface area contributed by atoms with Gasteiger partial charge in [0, 0.05) is 19.1 Å². The molecule has 1 aromatic rings. The van der Waals surface area contributed by atoms with Crippen molar-refractivity contribution in [2.24, 2.45) is 5.73 Å². The van der Waals surface area contributed by atoms with E-state index < -0.39 is 0 Å². The summed E-state index contributed by atoms with van der Waals surface area (Å²) in [5.41, 5.74) is 9.85. The van der Waals surface area contributed by atoms with Crippen LogP contribution in [0.25, 0.3) is 0 Å². The molecule has 3 nitrogen and oxygen atoms in total. The van der Waals surface area contributed by atoms with E-state index in [1.807, 2.05) is 4.90 Å². The number of hydrogen-bond acceptors (Lipinski definition) is 2. The maximum atomic E-state index is 12.4. The van der Waals surface area contributed by atoms with E-state index in [0.717, 1.165) is 19.4 Å². The van der Waals surface area contributed by atoms with E-state index in [9.17, 15) is 4.79 Å². The van der Waals surface area contributed by atoms with Gasteiger partial charge in [-0.3, -0.25) is 4.79 Å². The summed E-state index contributed by atoms with van der Waals surface area (Å²) < 4.78 is 0. The van der Waals surface area contributed by atoms with Crippen LogP contribution < -0.4 is 5.73 Å². The molecule has 1 saturated heterocycles. The molecule has 1 aliphatic heterocycles. The second kappa shape index (κ2) is 5.96. The van der Waals surface area contributed by atoms with Crippen LogP contribution in [-0.2, 0) is 24.1 Å². The van der Waals surface area contributed by atoms with Gasteiger partial charge >= 0.3 is 0 Å². The van der Waals surface area contributed by atoms with E-state index in [4.69, 9.17) is 5.73 Å². The number of nitrogens with zero attached hydrogens (tertiary/aromatic N) is 1. The number of aryl methyl sites for hydroxylation is 2. The Labute approximate surface area is 121 Å². The zero-order valence-corrected chi connectivity index (χ0v) is 12.1. The Bertz CT molecular complexity index is 498. The van der Waals surface area contributed by atoms with Gasteiger partial charge in [-0.15, -0.1) is 0 Å². The molecule has 0 spiro atoms. The van der Waals surface area contributed by atoms with Gasteiger partial charge in [0.15, 0.2) is 0 Å². The lowest BCUT2D eigenvalue weighted by Gasteiger charge is -2.24. The SMILES string of the molecule is NCC1CCCN1C(=O)Cc1ccc2c(c1)CCCC2. The van der Waals surface area contributed by atoms with E-state index in [1.54, 1.807) is 0 Å². The third kappa shape index (κ3) is 2.73. The Balaban J connectivity index is 1.69. The monoisotopic (exact) mass is 272 g/mol. The number of nitrogens with two attached hydrogens (primary N) is 1. The Morgan fingerprint density at radius 1 is 1.20 bits per heavy atom. The number of carbonyl (C=O) groups is 1. The average molecular weight is 272 g/mol. The molecule has 1 unspecified atom stereocenters. The van der Waals surface area contributed by atoms with Crippen molar-refractivity contribution in [2.45, 2.75) is 51.0 Å². The van der Waals surface area contributed by atoms with Crippen molar-refractivity contribution in [2.75, 3.05) is 13.1 Å². The van der Waals surface area contributed by atoms with Gasteiger partial charge in [-0.05, 0) is 55.2 Å². The number of fused-ring (bicyclic) bond motifs is 1. The molecule has 108 valence electrons. The normalized spacial score (nSPS) is 21.9.